The number of hydrogen-bond acceptors (Lipinski definition) is 4. The Labute approximate surface area is 247 Å². The van der Waals surface area contributed by atoms with Crippen LogP contribution in [0, 0.1) is 11.7 Å². The summed E-state index contributed by atoms with van der Waals surface area (Å²) in [7, 11) is -3.56. The van der Waals surface area contributed by atoms with Crippen LogP contribution in [0.1, 0.15) is 57.2 Å². The molecule has 1 amide bonds. The molecule has 0 radical (unpaired) electrons. The zero-order valence-electron chi connectivity index (χ0n) is 23.2. The van der Waals surface area contributed by atoms with Crippen molar-refractivity contribution in [1.82, 2.24) is 0 Å². The van der Waals surface area contributed by atoms with Crippen LogP contribution in [0.2, 0.25) is 0 Å². The van der Waals surface area contributed by atoms with Gasteiger partial charge in [0.15, 0.2) is 21.4 Å². The molecular formula is C30H25F8NO4S. The smallest absolute Gasteiger partial charge is 0.305 e. The fourth-order valence-corrected chi connectivity index (χ4v) is 5.14. The van der Waals surface area contributed by atoms with Crippen LogP contribution < -0.4 is 4.90 Å². The Morgan fingerprint density at radius 3 is 2.05 bits per heavy atom. The molecule has 0 spiro atoms. The van der Waals surface area contributed by atoms with E-state index in [1.165, 1.54) is 36.4 Å². The Kier molecular flexibility index (Phi) is 8.73. The third-order valence-electron chi connectivity index (χ3n) is 7.32. The van der Waals surface area contributed by atoms with Gasteiger partial charge in [-0.1, -0.05) is 18.2 Å². The number of carbonyl (C=O) groups is 2. The van der Waals surface area contributed by atoms with Crippen LogP contribution in [0.5, 0.6) is 0 Å². The van der Waals surface area contributed by atoms with Crippen LogP contribution >= 0.6 is 0 Å². The molecule has 1 aliphatic carbocycles. The predicted octanol–water partition coefficient (Wildman–Crippen LogP) is 7.48. The Hall–Kier alpha value is -3.81. The van der Waals surface area contributed by atoms with Crippen molar-refractivity contribution in [1.29, 1.82) is 0 Å². The van der Waals surface area contributed by atoms with Crippen LogP contribution in [-0.4, -0.2) is 39.1 Å². The van der Waals surface area contributed by atoms with Crippen molar-refractivity contribution in [3.8, 4) is 0 Å². The minimum Gasteiger partial charge on any atom is -0.305 e. The van der Waals surface area contributed by atoms with Gasteiger partial charge in [0.2, 0.25) is 5.67 Å². The van der Waals surface area contributed by atoms with E-state index in [2.05, 4.69) is 0 Å². The van der Waals surface area contributed by atoms with Crippen LogP contribution in [0.3, 0.4) is 0 Å². The number of halogens is 8. The van der Waals surface area contributed by atoms with Crippen molar-refractivity contribution in [3.05, 3.63) is 94.3 Å². The first-order valence-corrected chi connectivity index (χ1v) is 15.0. The molecule has 0 bridgehead atoms. The van der Waals surface area contributed by atoms with E-state index < -0.39 is 74.0 Å². The van der Waals surface area contributed by atoms with Crippen LogP contribution in [-0.2, 0) is 28.1 Å². The maximum Gasteiger partial charge on any atom is 0.426 e. The number of anilines is 1. The minimum absolute atomic E-state index is 0.0127. The monoisotopic (exact) mass is 647 g/mol. The van der Waals surface area contributed by atoms with Crippen molar-refractivity contribution in [2.24, 2.45) is 5.92 Å². The SMILES string of the molecule is CC(F)(c1ccc(CC(=O)c2cccc(N(CC3CC3)C(=O)c3ccc(S(C)(=O)=O)cc3)c2F)c(C(F)(F)F)c1)C(F)(F)F. The van der Waals surface area contributed by atoms with Gasteiger partial charge in [0.1, 0.15) is 0 Å². The van der Waals surface area contributed by atoms with Gasteiger partial charge >= 0.3 is 12.4 Å². The highest BCUT2D eigenvalue weighted by Gasteiger charge is 2.54. The lowest BCUT2D eigenvalue weighted by Gasteiger charge is -2.25. The number of rotatable bonds is 9. The zero-order chi connectivity index (χ0) is 32.8. The van der Waals surface area contributed by atoms with Crippen LogP contribution in [0.15, 0.2) is 65.6 Å². The predicted molar refractivity (Wildman–Crippen MR) is 144 cm³/mol. The molecule has 1 atom stereocenters. The molecule has 1 saturated carbocycles. The molecule has 4 rings (SSSR count). The van der Waals surface area contributed by atoms with E-state index in [4.69, 9.17) is 0 Å². The van der Waals surface area contributed by atoms with E-state index in [-0.39, 0.29) is 41.6 Å². The summed E-state index contributed by atoms with van der Waals surface area (Å²) in [5.74, 6) is -3.08. The Morgan fingerprint density at radius 1 is 0.909 bits per heavy atom. The van der Waals surface area contributed by atoms with E-state index in [9.17, 15) is 48.7 Å². The summed E-state index contributed by atoms with van der Waals surface area (Å²) in [5.41, 5.74) is -8.92. The average Bonchev–Trinajstić information content (AvgIpc) is 3.74. The van der Waals surface area contributed by atoms with Gasteiger partial charge in [-0.3, -0.25) is 9.59 Å². The topological polar surface area (TPSA) is 71.5 Å². The molecule has 1 fully saturated rings. The Bertz CT molecular complexity index is 1690. The second-order valence-electron chi connectivity index (χ2n) is 10.8. The summed E-state index contributed by atoms with van der Waals surface area (Å²) in [4.78, 5) is 27.5. The van der Waals surface area contributed by atoms with E-state index in [1.54, 1.807) is 0 Å². The molecule has 236 valence electrons. The van der Waals surface area contributed by atoms with Gasteiger partial charge in [0.05, 0.1) is 21.7 Å². The fraction of sp³-hybridized carbons (Fsp3) is 0.333. The molecule has 3 aromatic rings. The Balaban J connectivity index is 1.69. The molecule has 0 saturated heterocycles. The number of amides is 1. The molecule has 3 aromatic carbocycles. The summed E-state index contributed by atoms with van der Waals surface area (Å²) in [5, 5.41) is 0. The van der Waals surface area contributed by atoms with Crippen molar-refractivity contribution in [2.75, 3.05) is 17.7 Å². The first kappa shape index (κ1) is 33.1. The molecule has 0 heterocycles. The van der Waals surface area contributed by atoms with Gasteiger partial charge in [0, 0.05) is 24.8 Å². The highest BCUT2D eigenvalue weighted by molar-refractivity contribution is 7.90. The summed E-state index contributed by atoms with van der Waals surface area (Å²) in [6.45, 7) is 0.116. The van der Waals surface area contributed by atoms with Gasteiger partial charge in [-0.05, 0) is 79.3 Å². The largest absolute Gasteiger partial charge is 0.426 e. The van der Waals surface area contributed by atoms with Crippen molar-refractivity contribution < 1.29 is 53.1 Å². The first-order valence-electron chi connectivity index (χ1n) is 13.1. The van der Waals surface area contributed by atoms with Crippen LogP contribution in [0.25, 0.3) is 0 Å². The van der Waals surface area contributed by atoms with Crippen LogP contribution in [0.4, 0.5) is 40.8 Å². The van der Waals surface area contributed by atoms with Gasteiger partial charge in [0.25, 0.3) is 5.91 Å². The quantitative estimate of drug-likeness (QED) is 0.179. The van der Waals surface area contributed by atoms with E-state index in [0.29, 0.717) is 12.1 Å². The molecular weight excluding hydrogens is 622 g/mol. The standard InChI is InChI=1S/C30H25F8NO4S/c1-28(32,30(36,37)38)20-11-8-19(23(15-20)29(33,34)35)14-25(40)22-4-3-5-24(26(22)31)39(16-17-6-7-17)27(41)18-9-12-21(13-10-18)44(2,42)43/h3-5,8-13,15,17H,6-7,14,16H2,1-2H3. The van der Waals surface area contributed by atoms with Crippen molar-refractivity contribution >= 4 is 27.2 Å². The zero-order valence-corrected chi connectivity index (χ0v) is 24.0. The number of hydrogen-bond donors (Lipinski definition) is 0. The third-order valence-corrected chi connectivity index (χ3v) is 8.45. The second kappa shape index (κ2) is 11.6. The highest BCUT2D eigenvalue weighted by Crippen LogP contribution is 2.44. The summed E-state index contributed by atoms with van der Waals surface area (Å²) < 4.78 is 135. The summed E-state index contributed by atoms with van der Waals surface area (Å²) >= 11 is 0. The number of benzene rings is 3. The number of alkyl halides is 7. The third kappa shape index (κ3) is 6.95. The van der Waals surface area contributed by atoms with Crippen molar-refractivity contribution in [2.45, 2.75) is 49.1 Å². The lowest BCUT2D eigenvalue weighted by molar-refractivity contribution is -0.228. The molecule has 0 aliphatic heterocycles. The lowest BCUT2D eigenvalue weighted by Crippen LogP contribution is -2.35. The number of carbonyl (C=O) groups excluding carboxylic acids is 2. The van der Waals surface area contributed by atoms with Gasteiger partial charge in [-0.2, -0.15) is 26.3 Å². The summed E-state index contributed by atoms with van der Waals surface area (Å²) in [6.07, 6.45) is -9.43. The van der Waals surface area contributed by atoms with E-state index in [1.807, 2.05) is 0 Å². The molecule has 44 heavy (non-hydrogen) atoms. The molecule has 1 unspecified atom stereocenters. The molecule has 14 heteroatoms. The van der Waals surface area contributed by atoms with Crippen molar-refractivity contribution in [3.63, 3.8) is 0 Å². The molecule has 0 aromatic heterocycles. The van der Waals surface area contributed by atoms with Gasteiger partial charge in [-0.25, -0.2) is 17.2 Å². The number of sulfone groups is 1. The Morgan fingerprint density at radius 2 is 1.52 bits per heavy atom. The van der Waals surface area contributed by atoms with E-state index >= 15 is 4.39 Å². The number of ketones is 1. The molecule has 5 nitrogen and oxygen atoms in total. The second-order valence-corrected chi connectivity index (χ2v) is 12.8. The molecule has 0 N–H and O–H groups in total. The normalized spacial score (nSPS) is 15.5. The average molecular weight is 648 g/mol. The fourth-order valence-electron chi connectivity index (χ4n) is 4.51. The first-order chi connectivity index (χ1) is 20.2. The van der Waals surface area contributed by atoms with E-state index in [0.717, 1.165) is 30.1 Å². The minimum atomic E-state index is -5.52. The lowest BCUT2D eigenvalue weighted by atomic mass is 9.90. The molecule has 1 aliphatic rings. The number of Topliss-reactive ketones (excluding diaryl/α,β-unsaturated/α-hetero) is 1. The van der Waals surface area contributed by atoms with Gasteiger partial charge in [-0.15, -0.1) is 0 Å². The summed E-state index contributed by atoms with van der Waals surface area (Å²) in [6, 6.07) is 9.33. The maximum atomic E-state index is 15.8. The highest BCUT2D eigenvalue weighted by atomic mass is 32.2. The van der Waals surface area contributed by atoms with Gasteiger partial charge < -0.3 is 4.90 Å². The maximum absolute atomic E-state index is 15.8. The number of nitrogens with zero attached hydrogens (tertiary/aromatic N) is 1.